The van der Waals surface area contributed by atoms with Gasteiger partial charge in [0.1, 0.15) is 5.65 Å². The molecule has 0 saturated carbocycles. The smallest absolute Gasteiger partial charge is 0.391 e. The summed E-state index contributed by atoms with van der Waals surface area (Å²) in [6, 6.07) is 9.69. The highest BCUT2D eigenvalue weighted by atomic mass is 19.4. The number of carbonyl (C=O) groups excluding carboxylic acids is 2. The van der Waals surface area contributed by atoms with E-state index in [0.717, 1.165) is 5.56 Å². The van der Waals surface area contributed by atoms with Crippen LogP contribution in [0.4, 0.5) is 24.5 Å². The van der Waals surface area contributed by atoms with Crippen LogP contribution in [-0.2, 0) is 27.2 Å². The van der Waals surface area contributed by atoms with Crippen LogP contribution in [0, 0.1) is 0 Å². The minimum atomic E-state index is -4.33. The Hall–Kier alpha value is -3.60. The van der Waals surface area contributed by atoms with Gasteiger partial charge in [-0.05, 0) is 18.6 Å². The molecule has 0 aliphatic carbocycles. The number of ether oxygens (including phenoxy) is 2. The fraction of sp³-hybridized carbons (Fsp3) is 0.375. The van der Waals surface area contributed by atoms with Gasteiger partial charge in [0.15, 0.2) is 5.69 Å². The Kier molecular flexibility index (Phi) is 8.34. The second kappa shape index (κ2) is 11.2. The molecule has 11 heteroatoms. The topological polar surface area (TPSA) is 94.5 Å². The second-order valence-corrected chi connectivity index (χ2v) is 8.03. The van der Waals surface area contributed by atoms with Crippen molar-refractivity contribution in [1.29, 1.82) is 0 Å². The molecule has 0 fully saturated rings. The van der Waals surface area contributed by atoms with Crippen molar-refractivity contribution in [3.8, 4) is 0 Å². The number of nitrogens with one attached hydrogen (secondary N) is 2. The number of fused-ring (bicyclic) bond motifs is 1. The number of amides is 1. The quantitative estimate of drug-likeness (QED) is 0.408. The molecule has 188 valence electrons. The molecule has 8 nitrogen and oxygen atoms in total. The van der Waals surface area contributed by atoms with E-state index in [1.54, 1.807) is 22.8 Å². The monoisotopic (exact) mass is 492 g/mol. The summed E-state index contributed by atoms with van der Waals surface area (Å²) in [6.07, 6.45) is -3.93. The van der Waals surface area contributed by atoms with E-state index in [0.29, 0.717) is 16.7 Å². The predicted molar refractivity (Wildman–Crippen MR) is 125 cm³/mol. The maximum Gasteiger partial charge on any atom is 0.391 e. The Labute approximate surface area is 200 Å². The summed E-state index contributed by atoms with van der Waals surface area (Å²) in [6.45, 7) is 1.88. The first kappa shape index (κ1) is 26.0. The third kappa shape index (κ3) is 6.72. The molecule has 3 rings (SSSR count). The molecule has 0 unspecified atom stereocenters. The third-order valence-corrected chi connectivity index (χ3v) is 5.22. The van der Waals surface area contributed by atoms with Crippen LogP contribution in [0.15, 0.2) is 42.6 Å². The van der Waals surface area contributed by atoms with Crippen LogP contribution in [0.25, 0.3) is 11.0 Å². The van der Waals surface area contributed by atoms with Gasteiger partial charge in [0, 0.05) is 25.1 Å². The molecular weight excluding hydrogens is 465 g/mol. The van der Waals surface area contributed by atoms with Gasteiger partial charge < -0.3 is 24.7 Å². The minimum Gasteiger partial charge on any atom is -0.464 e. The maximum absolute atomic E-state index is 12.9. The zero-order valence-corrected chi connectivity index (χ0v) is 19.6. The average Bonchev–Trinajstić information content (AvgIpc) is 3.08. The Bertz CT molecular complexity index is 1180. The van der Waals surface area contributed by atoms with E-state index < -0.39 is 24.6 Å². The Morgan fingerprint density at radius 1 is 1.17 bits per heavy atom. The van der Waals surface area contributed by atoms with Crippen molar-refractivity contribution in [1.82, 2.24) is 9.55 Å². The fourth-order valence-corrected chi connectivity index (χ4v) is 3.79. The highest BCUT2D eigenvalue weighted by molar-refractivity contribution is 6.11. The number of hydrogen-bond acceptors (Lipinski definition) is 6. The van der Waals surface area contributed by atoms with Crippen molar-refractivity contribution in [2.75, 3.05) is 31.5 Å². The molecule has 0 bridgehead atoms. The Morgan fingerprint density at radius 3 is 2.51 bits per heavy atom. The number of pyridine rings is 1. The van der Waals surface area contributed by atoms with E-state index in [4.69, 9.17) is 9.47 Å². The van der Waals surface area contributed by atoms with Crippen molar-refractivity contribution in [2.45, 2.75) is 38.5 Å². The van der Waals surface area contributed by atoms with Crippen LogP contribution in [0.1, 0.15) is 29.4 Å². The van der Waals surface area contributed by atoms with Crippen molar-refractivity contribution < 1.29 is 32.2 Å². The van der Waals surface area contributed by atoms with E-state index in [-0.39, 0.29) is 36.9 Å². The number of halogens is 3. The van der Waals surface area contributed by atoms with E-state index in [1.807, 2.05) is 18.2 Å². The molecule has 2 N–H and O–H groups in total. The molecule has 2 heterocycles. The summed E-state index contributed by atoms with van der Waals surface area (Å²) in [7, 11) is 2.72. The van der Waals surface area contributed by atoms with Crippen molar-refractivity contribution in [3.63, 3.8) is 0 Å². The van der Waals surface area contributed by atoms with Crippen LogP contribution in [0.3, 0.4) is 0 Å². The molecule has 0 aliphatic rings. The molecule has 0 saturated heterocycles. The lowest BCUT2D eigenvalue weighted by molar-refractivity contribution is -0.136. The van der Waals surface area contributed by atoms with Gasteiger partial charge in [-0.1, -0.05) is 30.3 Å². The van der Waals surface area contributed by atoms with Crippen LogP contribution in [0.5, 0.6) is 0 Å². The molecule has 0 radical (unpaired) electrons. The van der Waals surface area contributed by atoms with Crippen molar-refractivity contribution in [2.24, 2.45) is 0 Å². The highest BCUT2D eigenvalue weighted by Gasteiger charge is 2.30. The van der Waals surface area contributed by atoms with Gasteiger partial charge in [-0.3, -0.25) is 4.79 Å². The predicted octanol–water partition coefficient (Wildman–Crippen LogP) is 4.40. The van der Waals surface area contributed by atoms with Gasteiger partial charge in [0.05, 0.1) is 44.1 Å². The lowest BCUT2D eigenvalue weighted by Crippen LogP contribution is -2.23. The number of carbonyl (C=O) groups is 2. The fourth-order valence-electron chi connectivity index (χ4n) is 3.79. The normalized spacial score (nSPS) is 12.4. The number of anilines is 2. The lowest BCUT2D eigenvalue weighted by atomic mass is 10.1. The van der Waals surface area contributed by atoms with Crippen LogP contribution < -0.4 is 10.6 Å². The van der Waals surface area contributed by atoms with Gasteiger partial charge in [-0.15, -0.1) is 0 Å². The summed E-state index contributed by atoms with van der Waals surface area (Å²) in [4.78, 5) is 30.0. The number of esters is 1. The molecule has 3 aromatic rings. The summed E-state index contributed by atoms with van der Waals surface area (Å²) in [5, 5.41) is 5.95. The average molecular weight is 492 g/mol. The number of methoxy groups -OCH3 is 2. The Morgan fingerprint density at radius 2 is 1.89 bits per heavy atom. The van der Waals surface area contributed by atoms with E-state index in [9.17, 15) is 22.8 Å². The van der Waals surface area contributed by atoms with E-state index in [2.05, 4.69) is 15.6 Å². The maximum atomic E-state index is 12.9. The van der Waals surface area contributed by atoms with Gasteiger partial charge in [0.2, 0.25) is 5.91 Å². The lowest BCUT2D eigenvalue weighted by Gasteiger charge is -2.17. The molecule has 2 aromatic heterocycles. The standard InChI is InChI=1S/C24H27F3N4O4/c1-15(13-24(25,26)27)29-17-12-18-20(30-19(32)11-16-7-5-4-6-8-16)21(23(33)35-3)31(9-10-34-2)22(18)28-14-17/h4-8,12,14-15,29H,9-11,13H2,1-3H3,(H,30,32)/t15-/m1/s1. The molecule has 1 aromatic carbocycles. The molecule has 0 spiro atoms. The van der Waals surface area contributed by atoms with E-state index in [1.165, 1.54) is 27.3 Å². The van der Waals surface area contributed by atoms with E-state index >= 15 is 0 Å². The molecule has 1 atom stereocenters. The molecule has 0 aliphatic heterocycles. The second-order valence-electron chi connectivity index (χ2n) is 8.03. The summed E-state index contributed by atoms with van der Waals surface area (Å²) in [5.41, 5.74) is 1.67. The minimum absolute atomic E-state index is 0.0557. The highest BCUT2D eigenvalue weighted by Crippen LogP contribution is 2.33. The van der Waals surface area contributed by atoms with Crippen LogP contribution in [0.2, 0.25) is 0 Å². The van der Waals surface area contributed by atoms with Crippen LogP contribution in [-0.4, -0.2) is 54.5 Å². The van der Waals surface area contributed by atoms with Crippen LogP contribution >= 0.6 is 0 Å². The van der Waals surface area contributed by atoms with Crippen molar-refractivity contribution in [3.05, 3.63) is 53.9 Å². The van der Waals surface area contributed by atoms with Gasteiger partial charge >= 0.3 is 12.1 Å². The SMILES string of the molecule is COCCn1c(C(=O)OC)c(NC(=O)Cc2ccccc2)c2cc(N[C@H](C)CC(F)(F)F)cnc21. The van der Waals surface area contributed by atoms with Crippen molar-refractivity contribution >= 4 is 34.3 Å². The number of benzene rings is 1. The third-order valence-electron chi connectivity index (χ3n) is 5.22. The van der Waals surface area contributed by atoms with Gasteiger partial charge in [-0.25, -0.2) is 9.78 Å². The molecule has 35 heavy (non-hydrogen) atoms. The number of aromatic nitrogens is 2. The number of rotatable bonds is 10. The summed E-state index contributed by atoms with van der Waals surface area (Å²) < 4.78 is 50.0. The summed E-state index contributed by atoms with van der Waals surface area (Å²) >= 11 is 0. The first-order chi connectivity index (χ1) is 16.6. The van der Waals surface area contributed by atoms with Gasteiger partial charge in [-0.2, -0.15) is 13.2 Å². The zero-order chi connectivity index (χ0) is 25.6. The Balaban J connectivity index is 2.05. The number of hydrogen-bond donors (Lipinski definition) is 2. The zero-order valence-electron chi connectivity index (χ0n) is 19.6. The largest absolute Gasteiger partial charge is 0.464 e. The number of alkyl halides is 3. The first-order valence-electron chi connectivity index (χ1n) is 10.9. The summed E-state index contributed by atoms with van der Waals surface area (Å²) in [5.74, 6) is -1.08. The molecule has 1 amide bonds. The molecular formula is C24H27F3N4O4. The number of nitrogens with zero attached hydrogens (tertiary/aromatic N) is 2. The first-order valence-corrected chi connectivity index (χ1v) is 10.9. The van der Waals surface area contributed by atoms with Gasteiger partial charge in [0.25, 0.3) is 0 Å².